The van der Waals surface area contributed by atoms with Gasteiger partial charge in [-0.05, 0) is 56.0 Å². The maximum Gasteiger partial charge on any atom is 0.259 e. The Morgan fingerprint density at radius 3 is 2.96 bits per heavy atom. The molecule has 6 heteroatoms. The molecule has 2 heterocycles. The van der Waals surface area contributed by atoms with Crippen LogP contribution in [-0.4, -0.2) is 29.0 Å². The molecule has 1 aromatic carbocycles. The highest BCUT2D eigenvalue weighted by Gasteiger charge is 2.20. The van der Waals surface area contributed by atoms with E-state index in [-0.39, 0.29) is 5.56 Å². The molecule has 136 valence electrons. The van der Waals surface area contributed by atoms with Crippen LogP contribution >= 0.6 is 11.3 Å². The summed E-state index contributed by atoms with van der Waals surface area (Å²) in [5.41, 5.74) is 2.42. The van der Waals surface area contributed by atoms with Gasteiger partial charge in [-0.1, -0.05) is 12.1 Å². The van der Waals surface area contributed by atoms with Crippen molar-refractivity contribution in [2.75, 3.05) is 14.2 Å². The SMILES string of the molecule is COc1cccc(CN(C)Cc2nc3sc4c(c3c(=O)[nH]2)CCCC4)c1. The molecule has 0 fully saturated rings. The number of aryl methyl sites for hydroxylation is 2. The van der Waals surface area contributed by atoms with Crippen LogP contribution in [0.15, 0.2) is 29.1 Å². The van der Waals surface area contributed by atoms with E-state index in [2.05, 4.69) is 16.0 Å². The smallest absolute Gasteiger partial charge is 0.259 e. The third-order valence-electron chi connectivity index (χ3n) is 4.88. The molecule has 5 nitrogen and oxygen atoms in total. The number of hydrogen-bond donors (Lipinski definition) is 1. The van der Waals surface area contributed by atoms with Gasteiger partial charge in [0.1, 0.15) is 16.4 Å². The minimum absolute atomic E-state index is 0.0131. The van der Waals surface area contributed by atoms with Crippen LogP contribution in [0.2, 0.25) is 0 Å². The van der Waals surface area contributed by atoms with Crippen molar-refractivity contribution in [3.8, 4) is 5.75 Å². The Balaban J connectivity index is 1.56. The van der Waals surface area contributed by atoms with Crippen LogP contribution in [0.5, 0.6) is 5.75 Å². The summed E-state index contributed by atoms with van der Waals surface area (Å²) < 4.78 is 5.28. The number of nitrogens with zero attached hydrogens (tertiary/aromatic N) is 2. The summed E-state index contributed by atoms with van der Waals surface area (Å²) >= 11 is 1.70. The molecule has 0 amide bonds. The van der Waals surface area contributed by atoms with Gasteiger partial charge in [0.2, 0.25) is 0 Å². The first-order valence-corrected chi connectivity index (χ1v) is 9.80. The molecule has 2 aromatic heterocycles. The fourth-order valence-corrected chi connectivity index (χ4v) is 4.96. The molecule has 1 N–H and O–H groups in total. The Kier molecular flexibility index (Phi) is 4.78. The van der Waals surface area contributed by atoms with Crippen LogP contribution in [0.1, 0.15) is 34.7 Å². The molecule has 3 aromatic rings. The average molecular weight is 369 g/mol. The summed E-state index contributed by atoms with van der Waals surface area (Å²) in [6.45, 7) is 1.37. The van der Waals surface area contributed by atoms with Crippen LogP contribution in [0.4, 0.5) is 0 Å². The van der Waals surface area contributed by atoms with Crippen molar-refractivity contribution in [3.63, 3.8) is 0 Å². The Hall–Kier alpha value is -2.18. The van der Waals surface area contributed by atoms with Gasteiger partial charge in [0.05, 0.1) is 19.0 Å². The van der Waals surface area contributed by atoms with E-state index in [1.54, 1.807) is 18.4 Å². The normalized spacial score (nSPS) is 14.0. The molecular formula is C20H23N3O2S. The van der Waals surface area contributed by atoms with Crippen LogP contribution in [0.25, 0.3) is 10.2 Å². The molecule has 0 spiro atoms. The van der Waals surface area contributed by atoms with Crippen LogP contribution < -0.4 is 10.3 Å². The number of nitrogens with one attached hydrogen (secondary N) is 1. The first-order valence-electron chi connectivity index (χ1n) is 8.99. The van der Waals surface area contributed by atoms with E-state index in [1.807, 2.05) is 25.2 Å². The van der Waals surface area contributed by atoms with E-state index in [0.717, 1.165) is 41.2 Å². The van der Waals surface area contributed by atoms with E-state index in [9.17, 15) is 4.79 Å². The van der Waals surface area contributed by atoms with E-state index in [0.29, 0.717) is 6.54 Å². The topological polar surface area (TPSA) is 58.2 Å². The van der Waals surface area contributed by atoms with Gasteiger partial charge in [-0.2, -0.15) is 0 Å². The molecule has 0 radical (unpaired) electrons. The first-order chi connectivity index (χ1) is 12.6. The molecule has 0 aliphatic heterocycles. The highest BCUT2D eigenvalue weighted by Crippen LogP contribution is 2.33. The van der Waals surface area contributed by atoms with Crippen molar-refractivity contribution < 1.29 is 4.74 Å². The maximum absolute atomic E-state index is 12.6. The minimum atomic E-state index is 0.0131. The summed E-state index contributed by atoms with van der Waals surface area (Å²) in [6, 6.07) is 8.04. The largest absolute Gasteiger partial charge is 0.497 e. The molecule has 0 saturated heterocycles. The number of hydrogen-bond acceptors (Lipinski definition) is 5. The Bertz CT molecular complexity index is 992. The number of thiophene rings is 1. The molecule has 0 saturated carbocycles. The summed E-state index contributed by atoms with van der Waals surface area (Å²) in [5.74, 6) is 1.58. The monoisotopic (exact) mass is 369 g/mol. The lowest BCUT2D eigenvalue weighted by Crippen LogP contribution is -2.22. The zero-order valence-corrected chi connectivity index (χ0v) is 16.0. The number of rotatable bonds is 5. The predicted molar refractivity (Wildman–Crippen MR) is 105 cm³/mol. The van der Waals surface area contributed by atoms with E-state index in [1.165, 1.54) is 28.8 Å². The second kappa shape index (κ2) is 7.21. The van der Waals surface area contributed by atoms with Crippen LogP contribution in [-0.2, 0) is 25.9 Å². The number of methoxy groups -OCH3 is 1. The van der Waals surface area contributed by atoms with Gasteiger partial charge in [0.25, 0.3) is 5.56 Å². The summed E-state index contributed by atoms with van der Waals surface area (Å²) in [7, 11) is 3.70. The molecule has 0 atom stereocenters. The summed E-state index contributed by atoms with van der Waals surface area (Å²) in [4.78, 5) is 24.8. The van der Waals surface area contributed by atoms with Gasteiger partial charge >= 0.3 is 0 Å². The number of aromatic nitrogens is 2. The number of ether oxygens (including phenoxy) is 1. The van der Waals surface area contributed by atoms with Crippen LogP contribution in [0, 0.1) is 0 Å². The molecular weight excluding hydrogens is 346 g/mol. The van der Waals surface area contributed by atoms with Gasteiger partial charge in [-0.15, -0.1) is 11.3 Å². The molecule has 1 aliphatic rings. The molecule has 0 bridgehead atoms. The van der Waals surface area contributed by atoms with Crippen molar-refractivity contribution in [3.05, 3.63) is 56.4 Å². The fourth-order valence-electron chi connectivity index (χ4n) is 3.68. The summed E-state index contributed by atoms with van der Waals surface area (Å²) in [5, 5.41) is 0.823. The summed E-state index contributed by atoms with van der Waals surface area (Å²) in [6.07, 6.45) is 4.48. The number of fused-ring (bicyclic) bond motifs is 3. The maximum atomic E-state index is 12.6. The third-order valence-corrected chi connectivity index (χ3v) is 6.07. The molecule has 0 unspecified atom stereocenters. The molecule has 1 aliphatic carbocycles. The average Bonchev–Trinajstić information content (AvgIpc) is 3.00. The quantitative estimate of drug-likeness (QED) is 0.748. The number of benzene rings is 1. The standard InChI is InChI=1S/C20H23N3O2S/c1-23(11-13-6-5-7-14(10-13)25-2)12-17-21-19(24)18-15-8-3-4-9-16(15)26-20(18)22-17/h5-7,10H,3-4,8-9,11-12H2,1-2H3,(H,21,22,24). The van der Waals surface area contributed by atoms with Crippen molar-refractivity contribution in [2.24, 2.45) is 0 Å². The van der Waals surface area contributed by atoms with Gasteiger partial charge in [0.15, 0.2) is 0 Å². The fraction of sp³-hybridized carbons (Fsp3) is 0.400. The number of aromatic amines is 1. The van der Waals surface area contributed by atoms with Crippen molar-refractivity contribution >= 4 is 21.6 Å². The lowest BCUT2D eigenvalue weighted by molar-refractivity contribution is 0.310. The third kappa shape index (κ3) is 3.39. The van der Waals surface area contributed by atoms with Crippen molar-refractivity contribution in [1.82, 2.24) is 14.9 Å². The van der Waals surface area contributed by atoms with Gasteiger partial charge in [-0.25, -0.2) is 4.98 Å². The highest BCUT2D eigenvalue weighted by atomic mass is 32.1. The van der Waals surface area contributed by atoms with Gasteiger partial charge < -0.3 is 9.72 Å². The minimum Gasteiger partial charge on any atom is -0.497 e. The van der Waals surface area contributed by atoms with Crippen molar-refractivity contribution in [2.45, 2.75) is 38.8 Å². The predicted octanol–water partition coefficient (Wildman–Crippen LogP) is 3.50. The zero-order chi connectivity index (χ0) is 18.1. The Morgan fingerprint density at radius 1 is 1.27 bits per heavy atom. The Morgan fingerprint density at radius 2 is 2.12 bits per heavy atom. The molecule has 4 rings (SSSR count). The van der Waals surface area contributed by atoms with Gasteiger partial charge in [-0.3, -0.25) is 9.69 Å². The number of H-pyrrole nitrogens is 1. The van der Waals surface area contributed by atoms with E-state index >= 15 is 0 Å². The highest BCUT2D eigenvalue weighted by molar-refractivity contribution is 7.18. The molecule has 26 heavy (non-hydrogen) atoms. The van der Waals surface area contributed by atoms with E-state index in [4.69, 9.17) is 9.72 Å². The zero-order valence-electron chi connectivity index (χ0n) is 15.2. The van der Waals surface area contributed by atoms with Crippen molar-refractivity contribution in [1.29, 1.82) is 0 Å². The Labute approximate surface area is 156 Å². The van der Waals surface area contributed by atoms with E-state index < -0.39 is 0 Å². The van der Waals surface area contributed by atoms with Gasteiger partial charge in [0, 0.05) is 11.4 Å². The second-order valence-electron chi connectivity index (χ2n) is 6.93. The van der Waals surface area contributed by atoms with Crippen LogP contribution in [0.3, 0.4) is 0 Å². The lowest BCUT2D eigenvalue weighted by atomic mass is 9.97. The lowest BCUT2D eigenvalue weighted by Gasteiger charge is -2.16. The second-order valence-corrected chi connectivity index (χ2v) is 8.01. The first kappa shape index (κ1) is 17.2.